The molecule has 5 heteroatoms. The van der Waals surface area contributed by atoms with Crippen molar-refractivity contribution in [2.24, 2.45) is 0 Å². The van der Waals surface area contributed by atoms with Gasteiger partial charge in [-0.3, -0.25) is 4.68 Å². The van der Waals surface area contributed by atoms with Gasteiger partial charge in [0.25, 0.3) is 0 Å². The molecule has 0 aliphatic carbocycles. The van der Waals surface area contributed by atoms with Crippen LogP contribution < -0.4 is 0 Å². The highest BCUT2D eigenvalue weighted by Gasteiger charge is 2.04. The third kappa shape index (κ3) is 2.53. The summed E-state index contributed by atoms with van der Waals surface area (Å²) in [4.78, 5) is 0.762. The van der Waals surface area contributed by atoms with Crippen molar-refractivity contribution in [1.29, 1.82) is 0 Å². The number of aromatic nitrogens is 2. The fraction of sp³-hybridized carbons (Fsp3) is 0.100. The summed E-state index contributed by atoms with van der Waals surface area (Å²) in [6.07, 6.45) is 3.60. The quantitative estimate of drug-likeness (QED) is 0.838. The second kappa shape index (κ2) is 4.70. The van der Waals surface area contributed by atoms with Gasteiger partial charge in [0.2, 0.25) is 0 Å². The van der Waals surface area contributed by atoms with Crippen molar-refractivity contribution in [2.45, 2.75) is 11.4 Å². The lowest BCUT2D eigenvalue weighted by atomic mass is 10.2. The standard InChI is InChI=1S/C10H9ClN2OS/c11-9-3-2-8(10(6-9)15-14)7-13-5-1-4-12-13/h1-6,14H,7H2. The molecule has 0 saturated heterocycles. The Hall–Kier alpha value is -0.970. The van der Waals surface area contributed by atoms with Crippen molar-refractivity contribution in [3.63, 3.8) is 0 Å². The zero-order valence-corrected chi connectivity index (χ0v) is 9.37. The SMILES string of the molecule is OSc1cc(Cl)ccc1Cn1cccn1. The smallest absolute Gasteiger partial charge is 0.0671 e. The molecule has 0 bridgehead atoms. The van der Waals surface area contributed by atoms with Crippen LogP contribution in [-0.4, -0.2) is 14.3 Å². The zero-order valence-electron chi connectivity index (χ0n) is 7.80. The lowest BCUT2D eigenvalue weighted by molar-refractivity contribution is 0.653. The van der Waals surface area contributed by atoms with Crippen molar-refractivity contribution >= 4 is 23.6 Å². The second-order valence-corrected chi connectivity index (χ2v) is 4.11. The molecule has 78 valence electrons. The molecule has 0 fully saturated rings. The van der Waals surface area contributed by atoms with Crippen molar-refractivity contribution in [3.8, 4) is 0 Å². The van der Waals surface area contributed by atoms with Gasteiger partial charge in [-0.2, -0.15) is 5.10 Å². The average molecular weight is 241 g/mol. The van der Waals surface area contributed by atoms with E-state index in [1.807, 2.05) is 18.3 Å². The number of rotatable bonds is 3. The van der Waals surface area contributed by atoms with Crippen LogP contribution in [0.1, 0.15) is 5.56 Å². The number of hydrogen-bond donors (Lipinski definition) is 1. The largest absolute Gasteiger partial charge is 0.325 e. The van der Waals surface area contributed by atoms with Crippen molar-refractivity contribution in [2.75, 3.05) is 0 Å². The number of halogens is 1. The zero-order chi connectivity index (χ0) is 10.7. The fourth-order valence-electron chi connectivity index (χ4n) is 1.31. The molecule has 0 saturated carbocycles. The van der Waals surface area contributed by atoms with Gasteiger partial charge in [-0.15, -0.1) is 0 Å². The van der Waals surface area contributed by atoms with E-state index in [4.69, 9.17) is 16.2 Å². The van der Waals surface area contributed by atoms with Crippen molar-refractivity contribution in [1.82, 2.24) is 9.78 Å². The molecule has 1 N–H and O–H groups in total. The molecule has 0 unspecified atom stereocenters. The summed E-state index contributed by atoms with van der Waals surface area (Å²) in [5.41, 5.74) is 0.996. The summed E-state index contributed by atoms with van der Waals surface area (Å²) in [5, 5.41) is 4.72. The highest BCUT2D eigenvalue weighted by molar-refractivity contribution is 7.93. The third-order valence-corrected chi connectivity index (χ3v) is 2.83. The van der Waals surface area contributed by atoms with E-state index in [-0.39, 0.29) is 0 Å². The Morgan fingerprint density at radius 3 is 3.00 bits per heavy atom. The molecule has 15 heavy (non-hydrogen) atoms. The van der Waals surface area contributed by atoms with Crippen LogP contribution in [0.5, 0.6) is 0 Å². The predicted molar refractivity (Wildman–Crippen MR) is 61.3 cm³/mol. The van der Waals surface area contributed by atoms with Crippen LogP contribution in [0.2, 0.25) is 5.02 Å². The summed E-state index contributed by atoms with van der Waals surface area (Å²) in [5.74, 6) is 0. The maximum Gasteiger partial charge on any atom is 0.0671 e. The fourth-order valence-corrected chi connectivity index (χ4v) is 1.98. The Labute approximate surface area is 96.9 Å². The molecule has 0 aliphatic heterocycles. The van der Waals surface area contributed by atoms with Crippen LogP contribution in [0.25, 0.3) is 0 Å². The molecule has 2 aromatic rings. The van der Waals surface area contributed by atoms with Gasteiger partial charge in [0, 0.05) is 34.4 Å². The maximum atomic E-state index is 9.10. The van der Waals surface area contributed by atoms with Crippen LogP contribution in [0.15, 0.2) is 41.6 Å². The van der Waals surface area contributed by atoms with Crippen LogP contribution in [-0.2, 0) is 6.54 Å². The topological polar surface area (TPSA) is 38.0 Å². The first-order valence-electron chi connectivity index (χ1n) is 4.37. The lowest BCUT2D eigenvalue weighted by Gasteiger charge is -2.06. The first-order chi connectivity index (χ1) is 7.29. The Morgan fingerprint density at radius 1 is 1.47 bits per heavy atom. The molecular formula is C10H9ClN2OS. The minimum atomic E-state index is 0.621. The summed E-state index contributed by atoms with van der Waals surface area (Å²) >= 11 is 6.54. The Morgan fingerprint density at radius 2 is 2.33 bits per heavy atom. The van der Waals surface area contributed by atoms with Gasteiger partial charge < -0.3 is 4.55 Å². The first-order valence-corrected chi connectivity index (χ1v) is 5.52. The normalized spacial score (nSPS) is 10.5. The molecule has 3 nitrogen and oxygen atoms in total. The van der Waals surface area contributed by atoms with Gasteiger partial charge in [-0.05, 0) is 23.8 Å². The van der Waals surface area contributed by atoms with Gasteiger partial charge in [0.15, 0.2) is 0 Å². The van der Waals surface area contributed by atoms with Gasteiger partial charge in [-0.25, -0.2) is 0 Å². The third-order valence-electron chi connectivity index (χ3n) is 2.02. The van der Waals surface area contributed by atoms with Crippen molar-refractivity contribution < 1.29 is 4.55 Å². The van der Waals surface area contributed by atoms with E-state index < -0.39 is 0 Å². The van der Waals surface area contributed by atoms with Gasteiger partial charge in [-0.1, -0.05) is 17.7 Å². The van der Waals surface area contributed by atoms with E-state index in [2.05, 4.69) is 5.10 Å². The van der Waals surface area contributed by atoms with Gasteiger partial charge in [0.1, 0.15) is 0 Å². The van der Waals surface area contributed by atoms with E-state index in [0.717, 1.165) is 10.5 Å². The Balaban J connectivity index is 2.28. The lowest BCUT2D eigenvalue weighted by Crippen LogP contribution is -2.01. The van der Waals surface area contributed by atoms with Crippen LogP contribution in [0, 0.1) is 0 Å². The van der Waals surface area contributed by atoms with E-state index in [1.165, 1.54) is 0 Å². The summed E-state index contributed by atoms with van der Waals surface area (Å²) in [6.45, 7) is 0.632. The van der Waals surface area contributed by atoms with Crippen molar-refractivity contribution in [3.05, 3.63) is 47.2 Å². The molecule has 0 spiro atoms. The van der Waals surface area contributed by atoms with Crippen LogP contribution in [0.4, 0.5) is 0 Å². The highest BCUT2D eigenvalue weighted by Crippen LogP contribution is 2.24. The molecule has 0 atom stereocenters. The molecule has 0 aliphatic rings. The highest BCUT2D eigenvalue weighted by atomic mass is 35.5. The molecule has 2 rings (SSSR count). The molecule has 1 aromatic carbocycles. The first kappa shape index (κ1) is 10.5. The van der Waals surface area contributed by atoms with Gasteiger partial charge in [0.05, 0.1) is 6.54 Å². The number of nitrogens with zero attached hydrogens (tertiary/aromatic N) is 2. The molecule has 1 heterocycles. The Bertz CT molecular complexity index is 445. The average Bonchev–Trinajstić information content (AvgIpc) is 2.73. The molecule has 0 amide bonds. The molecule has 0 radical (unpaired) electrons. The number of hydrogen-bond acceptors (Lipinski definition) is 3. The maximum absolute atomic E-state index is 9.10. The summed E-state index contributed by atoms with van der Waals surface area (Å²) in [6, 6.07) is 7.30. The van der Waals surface area contributed by atoms with Crippen LogP contribution >= 0.6 is 23.6 Å². The molecule has 1 aromatic heterocycles. The van der Waals surface area contributed by atoms with Crippen LogP contribution in [0.3, 0.4) is 0 Å². The van der Waals surface area contributed by atoms with E-state index in [9.17, 15) is 0 Å². The number of benzene rings is 1. The van der Waals surface area contributed by atoms with E-state index in [1.54, 1.807) is 23.0 Å². The summed E-state index contributed by atoms with van der Waals surface area (Å²) < 4.78 is 10.9. The minimum absolute atomic E-state index is 0.621. The second-order valence-electron chi connectivity index (χ2n) is 3.05. The van der Waals surface area contributed by atoms with E-state index >= 15 is 0 Å². The monoisotopic (exact) mass is 240 g/mol. The summed E-state index contributed by atoms with van der Waals surface area (Å²) in [7, 11) is 0. The Kier molecular flexibility index (Phi) is 3.30. The predicted octanol–water partition coefficient (Wildman–Crippen LogP) is 3.15. The van der Waals surface area contributed by atoms with E-state index in [0.29, 0.717) is 23.6 Å². The molecular weight excluding hydrogens is 232 g/mol. The van der Waals surface area contributed by atoms with Gasteiger partial charge >= 0.3 is 0 Å². The minimum Gasteiger partial charge on any atom is -0.325 e.